The molecule has 2 rings (SSSR count). The summed E-state index contributed by atoms with van der Waals surface area (Å²) in [4.78, 5) is 2.43. The van der Waals surface area contributed by atoms with Crippen LogP contribution in [0.15, 0.2) is 36.4 Å². The van der Waals surface area contributed by atoms with Crippen LogP contribution in [0.3, 0.4) is 0 Å². The van der Waals surface area contributed by atoms with Crippen molar-refractivity contribution in [3.05, 3.63) is 42.0 Å². The topological polar surface area (TPSA) is 12.5 Å². The van der Waals surface area contributed by atoms with Crippen molar-refractivity contribution in [2.75, 3.05) is 32.8 Å². The Balaban J connectivity index is 2.24. The molecule has 24 heavy (non-hydrogen) atoms. The summed E-state index contributed by atoms with van der Waals surface area (Å²) in [6, 6.07) is 10.6. The van der Waals surface area contributed by atoms with E-state index in [0.717, 1.165) is 38.4 Å². The standard InChI is InChI=1S/C21H31NOSi/c1-21(2,3)24(4,5)18-12-20(19-9-7-6-8-10-19)11-13-22-14-16-23-17-15-22/h6-11H,13-17H2,1-5H3/b20-11-. The van der Waals surface area contributed by atoms with Gasteiger partial charge in [-0.05, 0) is 10.6 Å². The molecule has 1 aliphatic rings. The first kappa shape index (κ1) is 19.0. The van der Waals surface area contributed by atoms with Crippen LogP contribution >= 0.6 is 0 Å². The lowest BCUT2D eigenvalue weighted by Gasteiger charge is -2.31. The molecular weight excluding hydrogens is 310 g/mol. The van der Waals surface area contributed by atoms with Crippen LogP contribution in [0.2, 0.25) is 18.1 Å². The summed E-state index contributed by atoms with van der Waals surface area (Å²) in [5.74, 6) is 3.54. The van der Waals surface area contributed by atoms with Gasteiger partial charge in [0, 0.05) is 25.2 Å². The lowest BCUT2D eigenvalue weighted by atomic mass is 10.1. The first-order valence-corrected chi connectivity index (χ1v) is 11.9. The Hall–Kier alpha value is -1.34. The minimum Gasteiger partial charge on any atom is -0.379 e. The fourth-order valence-corrected chi connectivity index (χ4v) is 3.10. The van der Waals surface area contributed by atoms with Gasteiger partial charge in [-0.15, -0.1) is 5.54 Å². The predicted molar refractivity (Wildman–Crippen MR) is 107 cm³/mol. The molecule has 2 nitrogen and oxygen atoms in total. The zero-order valence-corrected chi connectivity index (χ0v) is 16.9. The number of ether oxygens (including phenoxy) is 1. The zero-order chi connectivity index (χ0) is 17.6. The highest BCUT2D eigenvalue weighted by atomic mass is 28.3. The average Bonchev–Trinajstić information content (AvgIpc) is 2.55. The summed E-state index contributed by atoms with van der Waals surface area (Å²) in [6.45, 7) is 16.3. The second-order valence-electron chi connectivity index (χ2n) is 8.02. The van der Waals surface area contributed by atoms with Gasteiger partial charge >= 0.3 is 0 Å². The fourth-order valence-electron chi connectivity index (χ4n) is 2.27. The summed E-state index contributed by atoms with van der Waals surface area (Å²) in [7, 11) is -1.60. The third kappa shape index (κ3) is 5.34. The minimum absolute atomic E-state index is 0.284. The van der Waals surface area contributed by atoms with Gasteiger partial charge in [-0.3, -0.25) is 4.90 Å². The Kier molecular flexibility index (Phi) is 6.45. The van der Waals surface area contributed by atoms with Gasteiger partial charge in [-0.25, -0.2) is 0 Å². The van der Waals surface area contributed by atoms with Gasteiger partial charge in [0.15, 0.2) is 0 Å². The Morgan fingerprint density at radius 3 is 2.38 bits per heavy atom. The smallest absolute Gasteiger partial charge is 0.138 e. The molecule has 1 aromatic carbocycles. The number of hydrogen-bond acceptors (Lipinski definition) is 2. The van der Waals surface area contributed by atoms with Gasteiger partial charge in [0.05, 0.1) is 13.2 Å². The molecule has 130 valence electrons. The Bertz CT molecular complexity index is 611. The predicted octanol–water partition coefficient (Wildman–Crippen LogP) is 4.45. The molecule has 0 aromatic heterocycles. The van der Waals surface area contributed by atoms with Gasteiger partial charge in [0.2, 0.25) is 0 Å². The molecule has 0 N–H and O–H groups in total. The number of allylic oxidation sites excluding steroid dienone is 1. The molecule has 0 radical (unpaired) electrons. The highest BCUT2D eigenvalue weighted by molar-refractivity contribution is 6.87. The summed E-state index contributed by atoms with van der Waals surface area (Å²) in [5, 5.41) is 0.284. The SMILES string of the molecule is CC(C)(C)[Si](C)(C)C#C/C(=C/CN1CCOCC1)c1ccccc1. The molecule has 0 unspecified atom stereocenters. The monoisotopic (exact) mass is 341 g/mol. The van der Waals surface area contributed by atoms with Gasteiger partial charge < -0.3 is 4.74 Å². The van der Waals surface area contributed by atoms with Crippen LogP contribution in [0.25, 0.3) is 5.57 Å². The molecule has 1 saturated heterocycles. The van der Waals surface area contributed by atoms with E-state index in [-0.39, 0.29) is 5.04 Å². The number of hydrogen-bond donors (Lipinski definition) is 0. The largest absolute Gasteiger partial charge is 0.379 e. The highest BCUT2D eigenvalue weighted by Crippen LogP contribution is 2.35. The quantitative estimate of drug-likeness (QED) is 0.595. The lowest BCUT2D eigenvalue weighted by molar-refractivity contribution is 0.0435. The summed E-state index contributed by atoms with van der Waals surface area (Å²) < 4.78 is 5.44. The van der Waals surface area contributed by atoms with Gasteiger partial charge in [-0.2, -0.15) is 0 Å². The summed E-state index contributed by atoms with van der Waals surface area (Å²) in [6.07, 6.45) is 2.29. The van der Waals surface area contributed by atoms with Crippen molar-refractivity contribution in [3.63, 3.8) is 0 Å². The van der Waals surface area contributed by atoms with E-state index in [1.807, 2.05) is 0 Å². The highest BCUT2D eigenvalue weighted by Gasteiger charge is 2.33. The second-order valence-corrected chi connectivity index (χ2v) is 13.0. The van der Waals surface area contributed by atoms with Gasteiger partial charge in [-0.1, -0.05) is 76.2 Å². The van der Waals surface area contributed by atoms with E-state index in [4.69, 9.17) is 4.74 Å². The molecular formula is C21H31NOSi. The van der Waals surface area contributed by atoms with Crippen molar-refractivity contribution in [1.82, 2.24) is 4.90 Å². The molecule has 0 aliphatic carbocycles. The third-order valence-electron chi connectivity index (χ3n) is 5.13. The van der Waals surface area contributed by atoms with E-state index in [1.165, 1.54) is 5.56 Å². The van der Waals surface area contributed by atoms with E-state index < -0.39 is 8.07 Å². The summed E-state index contributed by atoms with van der Waals surface area (Å²) >= 11 is 0. The van der Waals surface area contributed by atoms with Gasteiger partial charge in [0.1, 0.15) is 8.07 Å². The minimum atomic E-state index is -1.60. The van der Waals surface area contributed by atoms with E-state index in [1.54, 1.807) is 0 Å². The van der Waals surface area contributed by atoms with Crippen LogP contribution in [0.1, 0.15) is 26.3 Å². The Morgan fingerprint density at radius 2 is 1.79 bits per heavy atom. The van der Waals surface area contributed by atoms with E-state index in [2.05, 4.69) is 86.6 Å². The molecule has 0 amide bonds. The van der Waals surface area contributed by atoms with Crippen LogP contribution < -0.4 is 0 Å². The van der Waals surface area contributed by atoms with Crippen molar-refractivity contribution in [1.29, 1.82) is 0 Å². The molecule has 1 heterocycles. The maximum Gasteiger partial charge on any atom is 0.138 e. The maximum atomic E-state index is 5.44. The number of nitrogens with zero attached hydrogens (tertiary/aromatic N) is 1. The molecule has 3 heteroatoms. The van der Waals surface area contributed by atoms with Crippen LogP contribution in [0.4, 0.5) is 0 Å². The Labute approximate surface area is 148 Å². The molecule has 0 spiro atoms. The second kappa shape index (κ2) is 8.16. The number of morpholine rings is 1. The van der Waals surface area contributed by atoms with E-state index in [9.17, 15) is 0 Å². The normalized spacial score (nSPS) is 17.3. The van der Waals surface area contributed by atoms with Crippen molar-refractivity contribution in [3.8, 4) is 11.5 Å². The van der Waals surface area contributed by atoms with Crippen molar-refractivity contribution in [2.24, 2.45) is 0 Å². The van der Waals surface area contributed by atoms with Crippen molar-refractivity contribution in [2.45, 2.75) is 38.9 Å². The molecule has 1 aromatic rings. The van der Waals surface area contributed by atoms with Crippen molar-refractivity contribution >= 4 is 13.6 Å². The van der Waals surface area contributed by atoms with Gasteiger partial charge in [0.25, 0.3) is 0 Å². The van der Waals surface area contributed by atoms with Crippen LogP contribution in [0.5, 0.6) is 0 Å². The van der Waals surface area contributed by atoms with Crippen molar-refractivity contribution < 1.29 is 4.74 Å². The Morgan fingerprint density at radius 1 is 1.17 bits per heavy atom. The number of rotatable bonds is 3. The molecule has 1 fully saturated rings. The first-order chi connectivity index (χ1) is 11.3. The van der Waals surface area contributed by atoms with Crippen LogP contribution in [-0.2, 0) is 4.74 Å². The molecule has 0 bridgehead atoms. The lowest BCUT2D eigenvalue weighted by Crippen LogP contribution is -2.36. The number of benzene rings is 1. The summed E-state index contributed by atoms with van der Waals surface area (Å²) in [5.41, 5.74) is 6.04. The van der Waals surface area contributed by atoms with Crippen LogP contribution in [0, 0.1) is 11.5 Å². The molecule has 1 aliphatic heterocycles. The molecule has 0 atom stereocenters. The third-order valence-corrected chi connectivity index (χ3v) is 9.63. The molecule has 0 saturated carbocycles. The average molecular weight is 342 g/mol. The fraction of sp³-hybridized carbons (Fsp3) is 0.524. The first-order valence-electron chi connectivity index (χ1n) is 8.88. The van der Waals surface area contributed by atoms with E-state index >= 15 is 0 Å². The zero-order valence-electron chi connectivity index (χ0n) is 15.9. The van der Waals surface area contributed by atoms with Crippen LogP contribution in [-0.4, -0.2) is 45.8 Å². The maximum absolute atomic E-state index is 5.44. The van der Waals surface area contributed by atoms with E-state index in [0.29, 0.717) is 0 Å².